The minimum atomic E-state index is -0.282. The summed E-state index contributed by atoms with van der Waals surface area (Å²) in [4.78, 5) is 24.7. The van der Waals surface area contributed by atoms with Crippen LogP contribution in [0.3, 0.4) is 0 Å². The van der Waals surface area contributed by atoms with Gasteiger partial charge in [-0.2, -0.15) is 0 Å². The minimum absolute atomic E-state index is 0.271. The standard InChI is InChI=1S/C27H36O4/c1-3-5-13-22(19-20-30-26(28)23-15-9-7-10-16-23)25(14-6-4-2)21-31-27(29)24-17-11-8-12-18-24/h7-12,15-18,22,25H,3-6,13-14,19-21H2,1-2H3. The van der Waals surface area contributed by atoms with Gasteiger partial charge in [0.15, 0.2) is 0 Å². The van der Waals surface area contributed by atoms with Gasteiger partial charge in [0.25, 0.3) is 0 Å². The molecule has 2 unspecified atom stereocenters. The molecule has 2 rings (SSSR count). The molecule has 31 heavy (non-hydrogen) atoms. The third kappa shape index (κ3) is 8.95. The molecule has 0 saturated carbocycles. The quantitative estimate of drug-likeness (QED) is 0.317. The lowest BCUT2D eigenvalue weighted by molar-refractivity contribution is 0.0317. The van der Waals surface area contributed by atoms with Crippen molar-refractivity contribution in [1.29, 1.82) is 0 Å². The first-order valence-electron chi connectivity index (χ1n) is 11.6. The molecule has 0 aliphatic carbocycles. The number of esters is 2. The highest BCUT2D eigenvalue weighted by Gasteiger charge is 2.23. The van der Waals surface area contributed by atoms with E-state index in [4.69, 9.17) is 9.47 Å². The summed E-state index contributed by atoms with van der Waals surface area (Å²) in [6.45, 7) is 5.16. The van der Waals surface area contributed by atoms with Crippen molar-refractivity contribution in [2.45, 2.75) is 58.8 Å². The summed E-state index contributed by atoms with van der Waals surface area (Å²) in [5, 5.41) is 0. The van der Waals surface area contributed by atoms with E-state index in [1.54, 1.807) is 24.3 Å². The average molecular weight is 425 g/mol. The Bertz CT molecular complexity index is 757. The highest BCUT2D eigenvalue weighted by Crippen LogP contribution is 2.28. The monoisotopic (exact) mass is 424 g/mol. The summed E-state index contributed by atoms with van der Waals surface area (Å²) < 4.78 is 11.2. The van der Waals surface area contributed by atoms with Gasteiger partial charge in [-0.05, 0) is 55.4 Å². The first-order chi connectivity index (χ1) is 15.2. The predicted molar refractivity (Wildman–Crippen MR) is 124 cm³/mol. The number of carbonyl (C=O) groups excluding carboxylic acids is 2. The van der Waals surface area contributed by atoms with Crippen LogP contribution in [-0.4, -0.2) is 25.2 Å². The van der Waals surface area contributed by atoms with Crippen molar-refractivity contribution in [1.82, 2.24) is 0 Å². The van der Waals surface area contributed by atoms with E-state index in [0.29, 0.717) is 30.3 Å². The molecule has 0 heterocycles. The molecule has 0 radical (unpaired) electrons. The number of carbonyl (C=O) groups is 2. The molecular weight excluding hydrogens is 388 g/mol. The second kappa shape index (κ2) is 14.4. The van der Waals surface area contributed by atoms with E-state index in [9.17, 15) is 9.59 Å². The molecular formula is C27H36O4. The summed E-state index contributed by atoms with van der Waals surface area (Å²) in [5.74, 6) is 0.0792. The van der Waals surface area contributed by atoms with Gasteiger partial charge < -0.3 is 9.47 Å². The lowest BCUT2D eigenvalue weighted by atomic mass is 9.83. The van der Waals surface area contributed by atoms with Crippen LogP contribution in [0.4, 0.5) is 0 Å². The second-order valence-electron chi connectivity index (χ2n) is 8.06. The van der Waals surface area contributed by atoms with Gasteiger partial charge >= 0.3 is 11.9 Å². The number of ether oxygens (including phenoxy) is 2. The molecule has 0 amide bonds. The van der Waals surface area contributed by atoms with Crippen molar-refractivity contribution < 1.29 is 19.1 Å². The zero-order valence-corrected chi connectivity index (χ0v) is 18.9. The van der Waals surface area contributed by atoms with Gasteiger partial charge in [0, 0.05) is 0 Å². The van der Waals surface area contributed by atoms with E-state index >= 15 is 0 Å². The zero-order chi connectivity index (χ0) is 22.3. The molecule has 0 aliphatic rings. The zero-order valence-electron chi connectivity index (χ0n) is 18.9. The molecule has 0 aliphatic heterocycles. The lowest BCUT2D eigenvalue weighted by Crippen LogP contribution is -2.24. The normalized spacial score (nSPS) is 12.7. The van der Waals surface area contributed by atoms with Crippen molar-refractivity contribution in [3.63, 3.8) is 0 Å². The Labute approximate surface area is 187 Å². The molecule has 2 atom stereocenters. The average Bonchev–Trinajstić information content (AvgIpc) is 2.82. The van der Waals surface area contributed by atoms with Gasteiger partial charge in [0.05, 0.1) is 24.3 Å². The Morgan fingerprint density at radius 2 is 1.16 bits per heavy atom. The van der Waals surface area contributed by atoms with Gasteiger partial charge in [-0.15, -0.1) is 0 Å². The van der Waals surface area contributed by atoms with Crippen LogP contribution < -0.4 is 0 Å². The van der Waals surface area contributed by atoms with E-state index < -0.39 is 0 Å². The molecule has 2 aromatic rings. The van der Waals surface area contributed by atoms with Gasteiger partial charge in [-0.3, -0.25) is 0 Å². The second-order valence-corrected chi connectivity index (χ2v) is 8.06. The smallest absolute Gasteiger partial charge is 0.338 e. The number of hydrogen-bond acceptors (Lipinski definition) is 4. The van der Waals surface area contributed by atoms with Gasteiger partial charge in [-0.1, -0.05) is 75.9 Å². The summed E-state index contributed by atoms with van der Waals surface area (Å²) >= 11 is 0. The Hall–Kier alpha value is -2.62. The van der Waals surface area contributed by atoms with Gasteiger partial charge in [0.2, 0.25) is 0 Å². The molecule has 0 bridgehead atoms. The molecule has 0 fully saturated rings. The van der Waals surface area contributed by atoms with E-state index in [1.807, 2.05) is 36.4 Å². The number of unbranched alkanes of at least 4 members (excludes halogenated alkanes) is 2. The lowest BCUT2D eigenvalue weighted by Gasteiger charge is -2.27. The fourth-order valence-corrected chi connectivity index (χ4v) is 3.80. The first kappa shape index (κ1) is 24.6. The molecule has 0 saturated heterocycles. The van der Waals surface area contributed by atoms with Crippen molar-refractivity contribution in [2.24, 2.45) is 11.8 Å². The van der Waals surface area contributed by atoms with Crippen LogP contribution in [0.5, 0.6) is 0 Å². The van der Waals surface area contributed by atoms with E-state index in [1.165, 1.54) is 0 Å². The van der Waals surface area contributed by atoms with E-state index in [0.717, 1.165) is 44.9 Å². The van der Waals surface area contributed by atoms with Crippen molar-refractivity contribution in [2.75, 3.05) is 13.2 Å². The molecule has 0 aromatic heterocycles. The number of benzene rings is 2. The Kier molecular flexibility index (Phi) is 11.4. The highest BCUT2D eigenvalue weighted by molar-refractivity contribution is 5.89. The summed E-state index contributed by atoms with van der Waals surface area (Å²) in [5.41, 5.74) is 1.16. The van der Waals surface area contributed by atoms with Crippen molar-refractivity contribution >= 4 is 11.9 Å². The van der Waals surface area contributed by atoms with Crippen molar-refractivity contribution in [3.05, 3.63) is 71.8 Å². The van der Waals surface area contributed by atoms with E-state index in [2.05, 4.69) is 13.8 Å². The first-order valence-corrected chi connectivity index (χ1v) is 11.6. The van der Waals surface area contributed by atoms with E-state index in [-0.39, 0.29) is 17.9 Å². The largest absolute Gasteiger partial charge is 0.462 e. The summed E-state index contributed by atoms with van der Waals surface area (Å²) in [7, 11) is 0. The van der Waals surface area contributed by atoms with Crippen LogP contribution >= 0.6 is 0 Å². The summed E-state index contributed by atoms with van der Waals surface area (Å²) in [6, 6.07) is 18.2. The Morgan fingerprint density at radius 3 is 1.68 bits per heavy atom. The van der Waals surface area contributed by atoms with Crippen LogP contribution in [0, 0.1) is 11.8 Å². The predicted octanol–water partition coefficient (Wildman–Crippen LogP) is 6.70. The Balaban J connectivity index is 1.95. The third-order valence-corrected chi connectivity index (χ3v) is 5.69. The maximum absolute atomic E-state index is 12.4. The van der Waals surface area contributed by atoms with Crippen LogP contribution in [-0.2, 0) is 9.47 Å². The molecule has 0 N–H and O–H groups in total. The van der Waals surface area contributed by atoms with Crippen LogP contribution in [0.2, 0.25) is 0 Å². The number of rotatable bonds is 14. The topological polar surface area (TPSA) is 52.6 Å². The maximum Gasteiger partial charge on any atom is 0.338 e. The maximum atomic E-state index is 12.4. The molecule has 2 aromatic carbocycles. The van der Waals surface area contributed by atoms with Gasteiger partial charge in [0.1, 0.15) is 0 Å². The highest BCUT2D eigenvalue weighted by atomic mass is 16.5. The van der Waals surface area contributed by atoms with Crippen LogP contribution in [0.15, 0.2) is 60.7 Å². The number of hydrogen-bond donors (Lipinski definition) is 0. The third-order valence-electron chi connectivity index (χ3n) is 5.69. The molecule has 168 valence electrons. The fourth-order valence-electron chi connectivity index (χ4n) is 3.80. The SMILES string of the molecule is CCCCC(CCOC(=O)c1ccccc1)C(CCCC)COC(=O)c1ccccc1. The minimum Gasteiger partial charge on any atom is -0.462 e. The molecule has 4 nitrogen and oxygen atoms in total. The van der Waals surface area contributed by atoms with Crippen LogP contribution in [0.25, 0.3) is 0 Å². The van der Waals surface area contributed by atoms with Gasteiger partial charge in [-0.25, -0.2) is 9.59 Å². The Morgan fingerprint density at radius 1 is 0.677 bits per heavy atom. The fraction of sp³-hybridized carbons (Fsp3) is 0.481. The molecule has 0 spiro atoms. The molecule has 4 heteroatoms. The van der Waals surface area contributed by atoms with Crippen LogP contribution in [0.1, 0.15) is 79.5 Å². The van der Waals surface area contributed by atoms with Crippen molar-refractivity contribution in [3.8, 4) is 0 Å². The summed E-state index contributed by atoms with van der Waals surface area (Å²) in [6.07, 6.45) is 7.29.